The summed E-state index contributed by atoms with van der Waals surface area (Å²) in [7, 11) is 3.66. The number of methoxy groups -OCH3 is 1. The van der Waals surface area contributed by atoms with E-state index in [1.807, 2.05) is 55.6 Å². The second-order valence-corrected chi connectivity index (χ2v) is 7.27. The van der Waals surface area contributed by atoms with Crippen LogP contribution in [0, 0.1) is 5.92 Å². The molecule has 5 nitrogen and oxygen atoms in total. The van der Waals surface area contributed by atoms with Gasteiger partial charge in [0.2, 0.25) is 0 Å². The molecule has 1 atom stereocenters. The van der Waals surface area contributed by atoms with Crippen molar-refractivity contribution in [3.8, 4) is 11.5 Å². The van der Waals surface area contributed by atoms with E-state index >= 15 is 0 Å². The van der Waals surface area contributed by atoms with Crippen molar-refractivity contribution in [1.29, 1.82) is 0 Å². The van der Waals surface area contributed by atoms with Crippen LogP contribution in [0.2, 0.25) is 0 Å². The Morgan fingerprint density at radius 3 is 2.48 bits per heavy atom. The Balaban J connectivity index is 1.91. The molecule has 1 amide bonds. The topological polar surface area (TPSA) is 52.0 Å². The maximum Gasteiger partial charge on any atom is 0.275 e. The van der Waals surface area contributed by atoms with Gasteiger partial charge in [-0.3, -0.25) is 4.79 Å². The van der Waals surface area contributed by atoms with Crippen molar-refractivity contribution in [1.82, 2.24) is 5.32 Å². The zero-order chi connectivity index (χ0) is 19.6. The number of ether oxygens (including phenoxy) is 2. The third kappa shape index (κ3) is 7.31. The van der Waals surface area contributed by atoms with Crippen molar-refractivity contribution < 1.29 is 19.2 Å². The van der Waals surface area contributed by atoms with E-state index in [1.54, 1.807) is 7.11 Å². The molecule has 0 saturated carbocycles. The molecule has 0 bridgehead atoms. The Morgan fingerprint density at radius 1 is 1.07 bits per heavy atom. The Hall–Kier alpha value is -2.53. The molecule has 146 valence electrons. The fraction of sp³-hybridized carbons (Fsp3) is 0.409. The van der Waals surface area contributed by atoms with Crippen molar-refractivity contribution in [2.24, 2.45) is 5.92 Å². The summed E-state index contributed by atoms with van der Waals surface area (Å²) in [6.45, 7) is 6.58. The van der Waals surface area contributed by atoms with E-state index < -0.39 is 0 Å². The minimum absolute atomic E-state index is 0.0796. The van der Waals surface area contributed by atoms with Crippen LogP contribution in [0.5, 0.6) is 11.5 Å². The molecule has 0 fully saturated rings. The summed E-state index contributed by atoms with van der Waals surface area (Å²) in [5, 5.41) is 2.96. The van der Waals surface area contributed by atoms with Gasteiger partial charge in [0.25, 0.3) is 5.91 Å². The highest BCUT2D eigenvalue weighted by Gasteiger charge is 2.13. The molecule has 2 rings (SSSR count). The summed E-state index contributed by atoms with van der Waals surface area (Å²) in [6, 6.07) is 16.0. The van der Waals surface area contributed by atoms with E-state index in [1.165, 1.54) is 0 Å². The van der Waals surface area contributed by atoms with Crippen LogP contribution in [-0.2, 0) is 17.9 Å². The summed E-state index contributed by atoms with van der Waals surface area (Å²) in [5.41, 5.74) is 2.22. The summed E-state index contributed by atoms with van der Waals surface area (Å²) in [5.74, 6) is 1.97. The smallest absolute Gasteiger partial charge is 0.275 e. The first-order valence-corrected chi connectivity index (χ1v) is 9.39. The highest BCUT2D eigenvalue weighted by atomic mass is 16.5. The van der Waals surface area contributed by atoms with Crippen LogP contribution in [0.3, 0.4) is 0 Å². The quantitative estimate of drug-likeness (QED) is 0.672. The van der Waals surface area contributed by atoms with Gasteiger partial charge in [-0.1, -0.05) is 44.2 Å². The second kappa shape index (κ2) is 10.6. The van der Waals surface area contributed by atoms with E-state index in [2.05, 4.69) is 19.2 Å². The summed E-state index contributed by atoms with van der Waals surface area (Å²) < 4.78 is 11.4. The van der Waals surface area contributed by atoms with Gasteiger partial charge in [0.15, 0.2) is 18.0 Å². The van der Waals surface area contributed by atoms with Gasteiger partial charge in [-0.15, -0.1) is 0 Å². The summed E-state index contributed by atoms with van der Waals surface area (Å²) in [6.07, 6.45) is 0. The fourth-order valence-electron chi connectivity index (χ4n) is 2.74. The number of benzene rings is 2. The molecule has 0 aliphatic heterocycles. The lowest BCUT2D eigenvalue weighted by molar-refractivity contribution is -0.885. The van der Waals surface area contributed by atoms with Gasteiger partial charge in [0.1, 0.15) is 13.2 Å². The summed E-state index contributed by atoms with van der Waals surface area (Å²) in [4.78, 5) is 13.1. The predicted octanol–water partition coefficient (Wildman–Crippen LogP) is 2.06. The van der Waals surface area contributed by atoms with Crippen molar-refractivity contribution >= 4 is 5.91 Å². The first-order valence-electron chi connectivity index (χ1n) is 9.39. The van der Waals surface area contributed by atoms with Crippen molar-refractivity contribution in [2.75, 3.05) is 27.2 Å². The highest BCUT2D eigenvalue weighted by molar-refractivity contribution is 5.76. The van der Waals surface area contributed by atoms with E-state index in [0.717, 1.165) is 28.3 Å². The molecular formula is C22H31N2O3+. The van der Waals surface area contributed by atoms with E-state index in [-0.39, 0.29) is 5.91 Å². The number of rotatable bonds is 10. The number of hydrogen-bond donors (Lipinski definition) is 2. The zero-order valence-corrected chi connectivity index (χ0v) is 16.7. The number of amides is 1. The van der Waals surface area contributed by atoms with Crippen LogP contribution < -0.4 is 19.7 Å². The standard InChI is InChI=1S/C22H30N2O3/c1-17(2)13-23-22(25)15-24(3)14-19-10-11-20(21(12-19)26-4)27-16-18-8-6-5-7-9-18/h5-12,17H,13-16H2,1-4H3,(H,23,25)/p+1. The Morgan fingerprint density at radius 2 is 1.81 bits per heavy atom. The van der Waals surface area contributed by atoms with Gasteiger partial charge >= 0.3 is 0 Å². The second-order valence-electron chi connectivity index (χ2n) is 7.27. The zero-order valence-electron chi connectivity index (χ0n) is 16.7. The van der Waals surface area contributed by atoms with Crippen LogP contribution in [-0.4, -0.2) is 33.2 Å². The number of likely N-dealkylation sites (N-methyl/N-ethyl adjacent to an activating group) is 1. The molecule has 0 radical (unpaired) electrons. The lowest BCUT2D eigenvalue weighted by Gasteiger charge is -2.16. The molecule has 27 heavy (non-hydrogen) atoms. The average molecular weight is 372 g/mol. The lowest BCUT2D eigenvalue weighted by Crippen LogP contribution is -3.08. The fourth-order valence-corrected chi connectivity index (χ4v) is 2.74. The molecule has 0 heterocycles. The number of carbonyl (C=O) groups is 1. The largest absolute Gasteiger partial charge is 0.493 e. The van der Waals surface area contributed by atoms with Crippen LogP contribution in [0.4, 0.5) is 0 Å². The van der Waals surface area contributed by atoms with Crippen molar-refractivity contribution in [3.05, 3.63) is 59.7 Å². The number of carbonyl (C=O) groups excluding carboxylic acids is 1. The molecule has 0 aliphatic rings. The molecule has 0 aliphatic carbocycles. The van der Waals surface area contributed by atoms with Crippen LogP contribution in [0.25, 0.3) is 0 Å². The van der Waals surface area contributed by atoms with Gasteiger partial charge in [-0.25, -0.2) is 0 Å². The number of hydrogen-bond acceptors (Lipinski definition) is 3. The molecule has 0 saturated heterocycles. The number of quaternary nitrogens is 1. The molecular weight excluding hydrogens is 340 g/mol. The SMILES string of the molecule is COc1cc(C[NH+](C)CC(=O)NCC(C)C)ccc1OCc1ccccc1. The molecule has 2 aromatic carbocycles. The Labute approximate surface area is 162 Å². The lowest BCUT2D eigenvalue weighted by atomic mass is 10.2. The van der Waals surface area contributed by atoms with E-state index in [4.69, 9.17) is 9.47 Å². The Bertz CT molecular complexity index is 717. The average Bonchev–Trinajstić information content (AvgIpc) is 2.66. The minimum atomic E-state index is 0.0796. The molecule has 2 N–H and O–H groups in total. The maximum atomic E-state index is 12.0. The van der Waals surface area contributed by atoms with Gasteiger partial charge in [0.05, 0.1) is 14.2 Å². The summed E-state index contributed by atoms with van der Waals surface area (Å²) >= 11 is 0. The molecule has 0 aromatic heterocycles. The van der Waals surface area contributed by atoms with Crippen molar-refractivity contribution in [2.45, 2.75) is 27.0 Å². The van der Waals surface area contributed by atoms with Crippen LogP contribution in [0.15, 0.2) is 48.5 Å². The molecule has 1 unspecified atom stereocenters. The van der Waals surface area contributed by atoms with Crippen LogP contribution >= 0.6 is 0 Å². The van der Waals surface area contributed by atoms with Crippen LogP contribution in [0.1, 0.15) is 25.0 Å². The normalized spacial score (nSPS) is 11.9. The maximum absolute atomic E-state index is 12.0. The molecule has 2 aromatic rings. The predicted molar refractivity (Wildman–Crippen MR) is 107 cm³/mol. The molecule has 0 spiro atoms. The van der Waals surface area contributed by atoms with Gasteiger partial charge < -0.3 is 19.7 Å². The third-order valence-electron chi connectivity index (χ3n) is 4.14. The monoisotopic (exact) mass is 371 g/mol. The minimum Gasteiger partial charge on any atom is -0.493 e. The molecule has 5 heteroatoms. The van der Waals surface area contributed by atoms with Gasteiger partial charge in [-0.2, -0.15) is 0 Å². The highest BCUT2D eigenvalue weighted by Crippen LogP contribution is 2.28. The van der Waals surface area contributed by atoms with E-state index in [9.17, 15) is 4.79 Å². The third-order valence-corrected chi connectivity index (χ3v) is 4.14. The van der Waals surface area contributed by atoms with Gasteiger partial charge in [-0.05, 0) is 29.7 Å². The Kier molecular flexibility index (Phi) is 8.14. The first kappa shape index (κ1) is 20.8. The van der Waals surface area contributed by atoms with Crippen molar-refractivity contribution in [3.63, 3.8) is 0 Å². The van der Waals surface area contributed by atoms with E-state index in [0.29, 0.717) is 31.4 Å². The first-order chi connectivity index (χ1) is 13.0. The van der Waals surface area contributed by atoms with Gasteiger partial charge in [0, 0.05) is 12.1 Å². The number of nitrogens with one attached hydrogen (secondary N) is 2.